The van der Waals surface area contributed by atoms with Crippen LogP contribution in [-0.2, 0) is 7.05 Å². The van der Waals surface area contributed by atoms with Gasteiger partial charge in [0.2, 0.25) is 0 Å². The lowest BCUT2D eigenvalue weighted by atomic mass is 10.1. The van der Waals surface area contributed by atoms with Crippen LogP contribution in [0.2, 0.25) is 0 Å². The van der Waals surface area contributed by atoms with Gasteiger partial charge in [-0.2, -0.15) is 5.10 Å². The van der Waals surface area contributed by atoms with Gasteiger partial charge in [0.25, 0.3) is 5.91 Å². The number of anilines is 2. The van der Waals surface area contributed by atoms with Crippen LogP contribution in [0.3, 0.4) is 0 Å². The minimum atomic E-state index is -1.64. The highest BCUT2D eigenvalue weighted by atomic mass is 19.2. The van der Waals surface area contributed by atoms with Gasteiger partial charge < -0.3 is 10.2 Å². The van der Waals surface area contributed by atoms with Crippen molar-refractivity contribution in [3.63, 3.8) is 0 Å². The number of halogens is 4. The van der Waals surface area contributed by atoms with Crippen molar-refractivity contribution in [2.24, 2.45) is 7.05 Å². The molecule has 2 heterocycles. The molecule has 0 spiro atoms. The summed E-state index contributed by atoms with van der Waals surface area (Å²) in [6, 6.07) is 2.08. The van der Waals surface area contributed by atoms with Gasteiger partial charge in [0.15, 0.2) is 23.3 Å². The molecule has 0 saturated carbocycles. The third-order valence-corrected chi connectivity index (χ3v) is 4.30. The number of benzene rings is 1. The summed E-state index contributed by atoms with van der Waals surface area (Å²) in [6.07, 6.45) is -0.405. The molecule has 150 valence electrons. The summed E-state index contributed by atoms with van der Waals surface area (Å²) in [5.74, 6) is -5.20. The molecule has 0 aliphatic carbocycles. The topological polar surface area (TPSA) is 79.3 Å². The highest BCUT2D eigenvalue weighted by Crippen LogP contribution is 2.19. The molecule has 0 radical (unpaired) electrons. The first-order chi connectivity index (χ1) is 13.2. The van der Waals surface area contributed by atoms with Crippen molar-refractivity contribution in [1.82, 2.24) is 14.7 Å². The van der Waals surface area contributed by atoms with Crippen LogP contribution in [0, 0.1) is 17.5 Å². The fraction of sp³-hybridized carbons (Fsp3) is 0.353. The molecule has 7 nitrogen and oxygen atoms in total. The van der Waals surface area contributed by atoms with E-state index in [1.807, 2.05) is 0 Å². The number of hydrogen-bond acceptors (Lipinski definition) is 3. The molecule has 1 aliphatic rings. The molecule has 1 aromatic carbocycles. The number of aryl methyl sites for hydroxylation is 1. The number of hydrogen-bond donors (Lipinski definition) is 2. The molecule has 3 rings (SSSR count). The summed E-state index contributed by atoms with van der Waals surface area (Å²) in [4.78, 5) is 25.9. The Labute approximate surface area is 157 Å². The number of likely N-dealkylation sites (tertiary alicyclic amines) is 1. The molecule has 1 aromatic heterocycles. The lowest BCUT2D eigenvalue weighted by molar-refractivity contribution is 0.101. The van der Waals surface area contributed by atoms with Gasteiger partial charge in [-0.3, -0.25) is 14.8 Å². The van der Waals surface area contributed by atoms with Gasteiger partial charge in [-0.05, 0) is 12.8 Å². The van der Waals surface area contributed by atoms with Gasteiger partial charge in [-0.15, -0.1) is 0 Å². The van der Waals surface area contributed by atoms with Gasteiger partial charge >= 0.3 is 6.03 Å². The summed E-state index contributed by atoms with van der Waals surface area (Å²) >= 11 is 0. The fourth-order valence-corrected chi connectivity index (χ4v) is 2.80. The monoisotopic (exact) mass is 399 g/mol. The second kappa shape index (κ2) is 7.87. The average molecular weight is 399 g/mol. The van der Waals surface area contributed by atoms with Crippen LogP contribution in [0.1, 0.15) is 23.3 Å². The van der Waals surface area contributed by atoms with Crippen molar-refractivity contribution in [3.8, 4) is 0 Å². The Bertz CT molecular complexity index is 886. The maximum absolute atomic E-state index is 13.3. The van der Waals surface area contributed by atoms with Crippen molar-refractivity contribution in [2.45, 2.75) is 19.0 Å². The number of amides is 3. The molecular formula is C17H17F4N5O2. The van der Waals surface area contributed by atoms with Gasteiger partial charge in [-0.1, -0.05) is 0 Å². The van der Waals surface area contributed by atoms with Crippen molar-refractivity contribution >= 4 is 23.4 Å². The SMILES string of the molecule is Cn1nc(NC(=O)N2CCC(F)CC2)cc1C(=O)Nc1cc(F)c(F)c(F)c1. The number of alkyl halides is 1. The van der Waals surface area contributed by atoms with Crippen LogP contribution >= 0.6 is 0 Å². The van der Waals surface area contributed by atoms with Crippen molar-refractivity contribution in [1.29, 1.82) is 0 Å². The van der Waals surface area contributed by atoms with E-state index in [2.05, 4.69) is 15.7 Å². The third-order valence-electron chi connectivity index (χ3n) is 4.30. The molecule has 11 heteroatoms. The molecule has 2 N–H and O–H groups in total. The molecule has 0 atom stereocenters. The normalized spacial score (nSPS) is 14.8. The largest absolute Gasteiger partial charge is 0.324 e. The number of piperidine rings is 1. The van der Waals surface area contributed by atoms with E-state index < -0.39 is 35.6 Å². The second-order valence-electron chi connectivity index (χ2n) is 6.34. The van der Waals surface area contributed by atoms with Crippen molar-refractivity contribution in [2.75, 3.05) is 23.7 Å². The number of urea groups is 1. The van der Waals surface area contributed by atoms with Gasteiger partial charge in [0.05, 0.1) is 0 Å². The van der Waals surface area contributed by atoms with E-state index in [4.69, 9.17) is 0 Å². The standard InChI is InChI=1S/C17H17F4N5O2/c1-25-13(16(27)22-10-6-11(19)15(21)12(20)7-10)8-14(24-25)23-17(28)26-4-2-9(18)3-5-26/h6-9H,2-5H2,1H3,(H,22,27)(H,23,24,28). The van der Waals surface area contributed by atoms with Crippen LogP contribution in [0.4, 0.5) is 33.9 Å². The van der Waals surface area contributed by atoms with Gasteiger partial charge in [0.1, 0.15) is 11.9 Å². The van der Waals surface area contributed by atoms with E-state index in [0.717, 1.165) is 4.68 Å². The molecule has 1 saturated heterocycles. The predicted octanol–water partition coefficient (Wildman–Crippen LogP) is 3.06. The number of nitrogens with zero attached hydrogens (tertiary/aromatic N) is 3. The predicted molar refractivity (Wildman–Crippen MR) is 92.2 cm³/mol. The Balaban J connectivity index is 1.68. The third kappa shape index (κ3) is 4.24. The van der Waals surface area contributed by atoms with Crippen molar-refractivity contribution in [3.05, 3.63) is 41.3 Å². The number of rotatable bonds is 3. The first-order valence-electron chi connectivity index (χ1n) is 8.44. The molecule has 1 aliphatic heterocycles. The smallest absolute Gasteiger partial charge is 0.323 e. The Morgan fingerprint density at radius 1 is 1.07 bits per heavy atom. The molecule has 3 amide bonds. The lowest BCUT2D eigenvalue weighted by Crippen LogP contribution is -2.41. The summed E-state index contributed by atoms with van der Waals surface area (Å²) in [7, 11) is 1.44. The lowest BCUT2D eigenvalue weighted by Gasteiger charge is -2.28. The number of carbonyl (C=O) groups is 2. The zero-order valence-corrected chi connectivity index (χ0v) is 14.8. The van der Waals surface area contributed by atoms with E-state index in [9.17, 15) is 27.2 Å². The number of nitrogens with one attached hydrogen (secondary N) is 2. The minimum Gasteiger partial charge on any atom is -0.324 e. The van der Waals surface area contributed by atoms with Gasteiger partial charge in [-0.25, -0.2) is 22.4 Å². The molecule has 0 bridgehead atoms. The Hall–Kier alpha value is -3.11. The van der Waals surface area contributed by atoms with Crippen LogP contribution in [0.5, 0.6) is 0 Å². The average Bonchev–Trinajstić information content (AvgIpc) is 3.00. The zero-order valence-electron chi connectivity index (χ0n) is 14.8. The summed E-state index contributed by atoms with van der Waals surface area (Å²) in [5.41, 5.74) is -0.287. The Kier molecular flexibility index (Phi) is 5.52. The zero-order chi connectivity index (χ0) is 20.4. The maximum atomic E-state index is 13.3. The van der Waals surface area contributed by atoms with E-state index in [1.165, 1.54) is 18.0 Å². The van der Waals surface area contributed by atoms with Crippen LogP contribution in [0.15, 0.2) is 18.2 Å². The highest BCUT2D eigenvalue weighted by Gasteiger charge is 2.23. The maximum Gasteiger partial charge on any atom is 0.323 e. The number of aromatic nitrogens is 2. The van der Waals surface area contributed by atoms with Crippen molar-refractivity contribution < 1.29 is 27.2 Å². The Morgan fingerprint density at radius 2 is 1.68 bits per heavy atom. The van der Waals surface area contributed by atoms with Crippen LogP contribution in [-0.4, -0.2) is 45.9 Å². The van der Waals surface area contributed by atoms with Gasteiger partial charge in [0, 0.05) is 44.0 Å². The van der Waals surface area contributed by atoms with Crippen LogP contribution in [0.25, 0.3) is 0 Å². The quantitative estimate of drug-likeness (QED) is 0.615. The van der Waals surface area contributed by atoms with E-state index >= 15 is 0 Å². The Morgan fingerprint density at radius 3 is 2.29 bits per heavy atom. The molecule has 28 heavy (non-hydrogen) atoms. The first kappa shape index (κ1) is 19.6. The second-order valence-corrected chi connectivity index (χ2v) is 6.34. The van der Waals surface area contributed by atoms with E-state index in [0.29, 0.717) is 12.1 Å². The minimum absolute atomic E-state index is 0.0112. The molecular weight excluding hydrogens is 382 g/mol. The van der Waals surface area contributed by atoms with E-state index in [1.54, 1.807) is 0 Å². The first-order valence-corrected chi connectivity index (χ1v) is 8.44. The highest BCUT2D eigenvalue weighted by molar-refractivity contribution is 6.04. The summed E-state index contributed by atoms with van der Waals surface area (Å²) < 4.78 is 53.8. The van der Waals surface area contributed by atoms with E-state index in [-0.39, 0.29) is 43.1 Å². The number of carbonyl (C=O) groups excluding carboxylic acids is 2. The van der Waals surface area contributed by atoms with Crippen LogP contribution < -0.4 is 10.6 Å². The molecule has 0 unspecified atom stereocenters. The fourth-order valence-electron chi connectivity index (χ4n) is 2.80. The molecule has 1 fully saturated rings. The summed E-state index contributed by atoms with van der Waals surface area (Å²) in [5, 5.41) is 8.73. The molecule has 2 aromatic rings. The summed E-state index contributed by atoms with van der Waals surface area (Å²) in [6.45, 7) is 0.545.